The molecule has 2 nitrogen and oxygen atoms in total. The molecule has 1 aliphatic heterocycles. The van der Waals surface area contributed by atoms with E-state index in [-0.39, 0.29) is 0 Å². The van der Waals surface area contributed by atoms with Gasteiger partial charge in [0.05, 0.1) is 0 Å². The Balaban J connectivity index is 1.77. The molecule has 0 aromatic carbocycles. The number of fused-ring (bicyclic) bond motifs is 1. The lowest BCUT2D eigenvalue weighted by atomic mass is 9.75. The Kier molecular flexibility index (Phi) is 3.97. The highest BCUT2D eigenvalue weighted by atomic mass is 35.5. The Morgan fingerprint density at radius 1 is 1.21 bits per heavy atom. The molecular weight excluding hydrogens is 256 g/mol. The molecule has 1 aromatic rings. The van der Waals surface area contributed by atoms with E-state index in [1.54, 1.807) is 0 Å². The fourth-order valence-electron chi connectivity index (χ4n) is 3.77. The van der Waals surface area contributed by atoms with Crippen LogP contribution >= 0.6 is 11.6 Å². The number of piperidine rings is 1. The smallest absolute Gasteiger partial charge is 0.129 e. The number of pyridine rings is 1. The van der Waals surface area contributed by atoms with Crippen LogP contribution in [0, 0.1) is 18.8 Å². The second kappa shape index (κ2) is 5.70. The van der Waals surface area contributed by atoms with Gasteiger partial charge in [0.25, 0.3) is 0 Å². The molecule has 1 aromatic heterocycles. The molecule has 0 bridgehead atoms. The Hall–Kier alpha value is -0.760. The number of aromatic nitrogens is 1. The number of rotatable bonds is 2. The van der Waals surface area contributed by atoms with Gasteiger partial charge in [0.15, 0.2) is 0 Å². The van der Waals surface area contributed by atoms with Crippen LogP contribution < -0.4 is 4.90 Å². The normalized spacial score (nSPS) is 27.2. The van der Waals surface area contributed by atoms with Gasteiger partial charge in [0.1, 0.15) is 5.82 Å². The summed E-state index contributed by atoms with van der Waals surface area (Å²) in [5.41, 5.74) is 2.27. The molecule has 0 amide bonds. The van der Waals surface area contributed by atoms with E-state index in [0.29, 0.717) is 5.88 Å². The number of alkyl halides is 1. The summed E-state index contributed by atoms with van der Waals surface area (Å²) < 4.78 is 0. The summed E-state index contributed by atoms with van der Waals surface area (Å²) in [4.78, 5) is 7.19. The summed E-state index contributed by atoms with van der Waals surface area (Å²) >= 11 is 5.97. The van der Waals surface area contributed by atoms with E-state index < -0.39 is 0 Å². The fourth-order valence-corrected chi connectivity index (χ4v) is 3.92. The topological polar surface area (TPSA) is 16.1 Å². The molecule has 0 N–H and O–H groups in total. The third kappa shape index (κ3) is 2.89. The molecule has 0 radical (unpaired) electrons. The van der Waals surface area contributed by atoms with Crippen molar-refractivity contribution in [1.82, 2.24) is 4.98 Å². The van der Waals surface area contributed by atoms with Crippen molar-refractivity contribution in [2.45, 2.75) is 44.9 Å². The predicted molar refractivity (Wildman–Crippen MR) is 80.8 cm³/mol. The third-order valence-electron chi connectivity index (χ3n) is 4.77. The lowest BCUT2D eigenvalue weighted by Crippen LogP contribution is -2.42. The van der Waals surface area contributed by atoms with Crippen LogP contribution in [-0.2, 0) is 5.88 Å². The summed E-state index contributed by atoms with van der Waals surface area (Å²) in [5.74, 6) is 3.59. The molecule has 2 atom stereocenters. The molecule has 1 saturated heterocycles. The minimum atomic E-state index is 0.580. The molecule has 2 fully saturated rings. The molecule has 3 rings (SSSR count). The second-order valence-electron chi connectivity index (χ2n) is 6.15. The van der Waals surface area contributed by atoms with Gasteiger partial charge in [-0.05, 0) is 49.3 Å². The van der Waals surface area contributed by atoms with E-state index in [2.05, 4.69) is 24.0 Å². The lowest BCUT2D eigenvalue weighted by molar-refractivity contribution is 0.202. The van der Waals surface area contributed by atoms with Crippen LogP contribution in [0.2, 0.25) is 0 Å². The molecular formula is C16H23ClN2. The van der Waals surface area contributed by atoms with Gasteiger partial charge in [0.2, 0.25) is 0 Å². The van der Waals surface area contributed by atoms with E-state index in [1.165, 1.54) is 50.8 Å². The van der Waals surface area contributed by atoms with Crippen LogP contribution in [0.3, 0.4) is 0 Å². The van der Waals surface area contributed by atoms with Crippen molar-refractivity contribution in [3.8, 4) is 0 Å². The minimum Gasteiger partial charge on any atom is -0.356 e. The average Bonchev–Trinajstić information content (AvgIpc) is 2.46. The molecule has 1 saturated carbocycles. The number of anilines is 1. The van der Waals surface area contributed by atoms with Crippen molar-refractivity contribution in [1.29, 1.82) is 0 Å². The zero-order valence-corrected chi connectivity index (χ0v) is 12.5. The van der Waals surface area contributed by atoms with Gasteiger partial charge in [-0.25, -0.2) is 4.98 Å². The van der Waals surface area contributed by atoms with Gasteiger partial charge in [-0.3, -0.25) is 0 Å². The Morgan fingerprint density at radius 3 is 2.79 bits per heavy atom. The summed E-state index contributed by atoms with van der Waals surface area (Å²) in [6.45, 7) is 4.43. The second-order valence-corrected chi connectivity index (χ2v) is 6.42. The van der Waals surface area contributed by atoms with E-state index in [0.717, 1.165) is 23.3 Å². The van der Waals surface area contributed by atoms with Crippen molar-refractivity contribution in [3.05, 3.63) is 23.4 Å². The molecule has 19 heavy (non-hydrogen) atoms. The maximum absolute atomic E-state index is 5.97. The third-order valence-corrected chi connectivity index (χ3v) is 5.08. The van der Waals surface area contributed by atoms with Gasteiger partial charge in [-0.2, -0.15) is 0 Å². The maximum atomic E-state index is 5.97. The molecule has 2 unspecified atom stereocenters. The lowest BCUT2D eigenvalue weighted by Gasteiger charge is -2.42. The van der Waals surface area contributed by atoms with Crippen molar-refractivity contribution in [2.75, 3.05) is 18.0 Å². The number of hydrogen-bond acceptors (Lipinski definition) is 2. The summed E-state index contributed by atoms with van der Waals surface area (Å²) in [7, 11) is 0. The van der Waals surface area contributed by atoms with Crippen molar-refractivity contribution >= 4 is 17.4 Å². The number of aryl methyl sites for hydroxylation is 1. The quantitative estimate of drug-likeness (QED) is 0.756. The SMILES string of the molecule is Cc1cc(CCl)cc(N2CCC3CCCCC3C2)n1. The highest BCUT2D eigenvalue weighted by Crippen LogP contribution is 2.37. The number of nitrogens with zero attached hydrogens (tertiary/aromatic N) is 2. The van der Waals surface area contributed by atoms with Gasteiger partial charge in [0, 0.05) is 24.7 Å². The first-order valence-corrected chi connectivity index (χ1v) is 8.08. The van der Waals surface area contributed by atoms with Crippen LogP contribution in [0.15, 0.2) is 12.1 Å². The zero-order chi connectivity index (χ0) is 13.2. The maximum Gasteiger partial charge on any atom is 0.129 e. The highest BCUT2D eigenvalue weighted by molar-refractivity contribution is 6.17. The first-order valence-electron chi connectivity index (χ1n) is 7.55. The van der Waals surface area contributed by atoms with E-state index in [4.69, 9.17) is 16.6 Å². The molecule has 2 heterocycles. The summed E-state index contributed by atoms with van der Waals surface area (Å²) in [5, 5.41) is 0. The molecule has 2 aliphatic rings. The minimum absolute atomic E-state index is 0.580. The van der Waals surface area contributed by atoms with Gasteiger partial charge < -0.3 is 4.90 Å². The van der Waals surface area contributed by atoms with Crippen LogP contribution in [0.25, 0.3) is 0 Å². The van der Waals surface area contributed by atoms with E-state index >= 15 is 0 Å². The molecule has 0 spiro atoms. The van der Waals surface area contributed by atoms with Crippen molar-refractivity contribution in [2.24, 2.45) is 11.8 Å². The first kappa shape index (κ1) is 13.2. The Bertz CT molecular complexity index is 446. The van der Waals surface area contributed by atoms with Gasteiger partial charge in [-0.15, -0.1) is 11.6 Å². The van der Waals surface area contributed by atoms with Gasteiger partial charge in [-0.1, -0.05) is 19.3 Å². The fraction of sp³-hybridized carbons (Fsp3) is 0.688. The van der Waals surface area contributed by atoms with E-state index in [9.17, 15) is 0 Å². The first-order chi connectivity index (χ1) is 9.26. The zero-order valence-electron chi connectivity index (χ0n) is 11.7. The summed E-state index contributed by atoms with van der Waals surface area (Å²) in [6, 6.07) is 4.26. The van der Waals surface area contributed by atoms with Crippen LogP contribution in [0.4, 0.5) is 5.82 Å². The monoisotopic (exact) mass is 278 g/mol. The van der Waals surface area contributed by atoms with E-state index in [1.807, 2.05) is 0 Å². The van der Waals surface area contributed by atoms with Crippen LogP contribution in [-0.4, -0.2) is 18.1 Å². The standard InChI is InChI=1S/C16H23ClN2/c1-12-8-13(10-17)9-16(18-12)19-7-6-14-4-2-3-5-15(14)11-19/h8-9,14-15H,2-7,10-11H2,1H3. The molecule has 1 aliphatic carbocycles. The van der Waals surface area contributed by atoms with Crippen LogP contribution in [0.5, 0.6) is 0 Å². The largest absolute Gasteiger partial charge is 0.356 e. The van der Waals surface area contributed by atoms with Crippen LogP contribution in [0.1, 0.15) is 43.4 Å². The molecule has 3 heteroatoms. The van der Waals surface area contributed by atoms with Crippen molar-refractivity contribution in [3.63, 3.8) is 0 Å². The van der Waals surface area contributed by atoms with Gasteiger partial charge >= 0.3 is 0 Å². The highest BCUT2D eigenvalue weighted by Gasteiger charge is 2.31. The Morgan fingerprint density at radius 2 is 2.00 bits per heavy atom. The van der Waals surface area contributed by atoms with Crippen molar-refractivity contribution < 1.29 is 0 Å². The molecule has 104 valence electrons. The average molecular weight is 279 g/mol. The predicted octanol–water partition coefficient (Wildman–Crippen LogP) is 4.15. The Labute approximate surface area is 121 Å². The summed E-state index contributed by atoms with van der Waals surface area (Å²) in [6.07, 6.45) is 7.07. The number of halogens is 1. The number of hydrogen-bond donors (Lipinski definition) is 0.